The van der Waals surface area contributed by atoms with Gasteiger partial charge in [0.25, 0.3) is 0 Å². The fourth-order valence-electron chi connectivity index (χ4n) is 2.31. The van der Waals surface area contributed by atoms with Crippen molar-refractivity contribution in [2.24, 2.45) is 17.6 Å². The molecule has 0 amide bonds. The molecule has 96 valence electrons. The third kappa shape index (κ3) is 5.06. The zero-order chi connectivity index (χ0) is 12.3. The lowest BCUT2D eigenvalue weighted by atomic mass is 9.99. The van der Waals surface area contributed by atoms with E-state index in [0.29, 0.717) is 0 Å². The van der Waals surface area contributed by atoms with Crippen LogP contribution >= 0.6 is 0 Å². The highest BCUT2D eigenvalue weighted by molar-refractivity contribution is 5.00. The first-order valence-corrected chi connectivity index (χ1v) is 7.01. The van der Waals surface area contributed by atoms with Crippen LogP contribution in [0.25, 0.3) is 0 Å². The standard InChI is InChI=1S/C14H25N3/c1-14(16,11-15)7-2-8-17(9-12-3-4-12)10-13-5-6-13/h12-13H,2-10,16H2,1H3. The van der Waals surface area contributed by atoms with E-state index in [2.05, 4.69) is 11.0 Å². The van der Waals surface area contributed by atoms with Crippen LogP contribution in [0.5, 0.6) is 0 Å². The maximum absolute atomic E-state index is 8.88. The summed E-state index contributed by atoms with van der Waals surface area (Å²) in [6, 6.07) is 2.18. The topological polar surface area (TPSA) is 53.1 Å². The van der Waals surface area contributed by atoms with Gasteiger partial charge in [0.1, 0.15) is 5.54 Å². The van der Waals surface area contributed by atoms with Crippen LogP contribution in [0.3, 0.4) is 0 Å². The molecule has 2 N–H and O–H groups in total. The van der Waals surface area contributed by atoms with Crippen molar-refractivity contribution in [1.82, 2.24) is 4.90 Å². The molecule has 2 saturated carbocycles. The van der Waals surface area contributed by atoms with Gasteiger partial charge in [-0.25, -0.2) is 0 Å². The Morgan fingerprint density at radius 3 is 2.18 bits per heavy atom. The van der Waals surface area contributed by atoms with Crippen molar-refractivity contribution in [2.75, 3.05) is 19.6 Å². The molecule has 0 heterocycles. The summed E-state index contributed by atoms with van der Waals surface area (Å²) in [7, 11) is 0. The third-order valence-electron chi connectivity index (χ3n) is 3.85. The Morgan fingerprint density at radius 2 is 1.76 bits per heavy atom. The minimum absolute atomic E-state index is 0.634. The molecule has 17 heavy (non-hydrogen) atoms. The van der Waals surface area contributed by atoms with Crippen LogP contribution in [0.15, 0.2) is 0 Å². The van der Waals surface area contributed by atoms with Gasteiger partial charge in [0, 0.05) is 13.1 Å². The Balaban J connectivity index is 1.66. The summed E-state index contributed by atoms with van der Waals surface area (Å²) < 4.78 is 0. The minimum Gasteiger partial charge on any atom is -0.314 e. The van der Waals surface area contributed by atoms with Crippen LogP contribution in [-0.2, 0) is 0 Å². The van der Waals surface area contributed by atoms with Crippen molar-refractivity contribution in [3.05, 3.63) is 0 Å². The predicted octanol–water partition coefficient (Wildman–Crippen LogP) is 2.13. The van der Waals surface area contributed by atoms with Crippen LogP contribution < -0.4 is 5.73 Å². The molecule has 2 fully saturated rings. The van der Waals surface area contributed by atoms with Gasteiger partial charge in [0.15, 0.2) is 0 Å². The van der Waals surface area contributed by atoms with Gasteiger partial charge < -0.3 is 10.6 Å². The molecule has 0 spiro atoms. The molecule has 0 bridgehead atoms. The van der Waals surface area contributed by atoms with Crippen molar-refractivity contribution in [1.29, 1.82) is 5.26 Å². The van der Waals surface area contributed by atoms with Gasteiger partial charge in [0.2, 0.25) is 0 Å². The maximum Gasteiger partial charge on any atom is 0.101 e. The smallest absolute Gasteiger partial charge is 0.101 e. The minimum atomic E-state index is -0.634. The monoisotopic (exact) mass is 235 g/mol. The molecule has 0 saturated heterocycles. The van der Waals surface area contributed by atoms with Gasteiger partial charge in [-0.3, -0.25) is 0 Å². The average molecular weight is 235 g/mol. The van der Waals surface area contributed by atoms with E-state index < -0.39 is 5.54 Å². The maximum atomic E-state index is 8.88. The van der Waals surface area contributed by atoms with E-state index in [4.69, 9.17) is 11.0 Å². The molecular weight excluding hydrogens is 210 g/mol. The van der Waals surface area contributed by atoms with Crippen LogP contribution in [0.2, 0.25) is 0 Å². The lowest BCUT2D eigenvalue weighted by molar-refractivity contribution is 0.243. The highest BCUT2D eigenvalue weighted by Gasteiger charge is 2.29. The van der Waals surface area contributed by atoms with Crippen LogP contribution in [0.1, 0.15) is 45.4 Å². The van der Waals surface area contributed by atoms with Gasteiger partial charge >= 0.3 is 0 Å². The summed E-state index contributed by atoms with van der Waals surface area (Å²) in [5, 5.41) is 8.88. The fourth-order valence-corrected chi connectivity index (χ4v) is 2.31. The normalized spacial score (nSPS) is 23.4. The fraction of sp³-hybridized carbons (Fsp3) is 0.929. The van der Waals surface area contributed by atoms with Gasteiger partial charge in [-0.1, -0.05) is 0 Å². The Morgan fingerprint density at radius 1 is 1.24 bits per heavy atom. The third-order valence-corrected chi connectivity index (χ3v) is 3.85. The molecule has 0 aromatic carbocycles. The van der Waals surface area contributed by atoms with Crippen LogP contribution in [-0.4, -0.2) is 30.1 Å². The molecule has 0 aromatic heterocycles. The summed E-state index contributed by atoms with van der Waals surface area (Å²) in [5.74, 6) is 1.93. The molecule has 0 aliphatic heterocycles. The summed E-state index contributed by atoms with van der Waals surface area (Å²) in [6.07, 6.45) is 7.57. The average Bonchev–Trinajstić information content (AvgIpc) is 3.13. The van der Waals surface area contributed by atoms with E-state index in [1.54, 1.807) is 0 Å². The second kappa shape index (κ2) is 5.37. The summed E-state index contributed by atoms with van der Waals surface area (Å²) in [6.45, 7) is 5.52. The number of nitriles is 1. The molecule has 3 nitrogen and oxygen atoms in total. The molecule has 0 radical (unpaired) electrons. The van der Waals surface area contributed by atoms with E-state index in [9.17, 15) is 0 Å². The van der Waals surface area contributed by atoms with Crippen molar-refractivity contribution < 1.29 is 0 Å². The second-order valence-corrected chi connectivity index (χ2v) is 6.28. The largest absolute Gasteiger partial charge is 0.314 e. The quantitative estimate of drug-likeness (QED) is 0.701. The molecule has 1 unspecified atom stereocenters. The zero-order valence-corrected chi connectivity index (χ0v) is 11.0. The van der Waals surface area contributed by atoms with E-state index in [-0.39, 0.29) is 0 Å². The number of rotatable bonds is 8. The number of hydrogen-bond acceptors (Lipinski definition) is 3. The zero-order valence-electron chi connectivity index (χ0n) is 11.0. The van der Waals surface area contributed by atoms with Crippen molar-refractivity contribution >= 4 is 0 Å². The molecule has 2 aliphatic rings. The van der Waals surface area contributed by atoms with Gasteiger partial charge in [0.05, 0.1) is 6.07 Å². The first-order chi connectivity index (χ1) is 8.09. The number of nitrogens with two attached hydrogens (primary N) is 1. The molecule has 2 aliphatic carbocycles. The summed E-state index contributed by atoms with van der Waals surface area (Å²) in [5.41, 5.74) is 5.22. The lowest BCUT2D eigenvalue weighted by Crippen LogP contribution is -2.36. The molecular formula is C14H25N3. The Labute approximate surface area is 105 Å². The predicted molar refractivity (Wildman–Crippen MR) is 69.3 cm³/mol. The van der Waals surface area contributed by atoms with Crippen molar-refractivity contribution in [3.63, 3.8) is 0 Å². The first-order valence-electron chi connectivity index (χ1n) is 7.01. The van der Waals surface area contributed by atoms with E-state index in [1.807, 2.05) is 6.92 Å². The SMILES string of the molecule is CC(N)(C#N)CCCN(CC1CC1)CC1CC1. The Kier molecular flexibility index (Phi) is 4.06. The molecule has 2 rings (SSSR count). The number of hydrogen-bond donors (Lipinski definition) is 1. The summed E-state index contributed by atoms with van der Waals surface area (Å²) in [4.78, 5) is 2.61. The van der Waals surface area contributed by atoms with Gasteiger partial charge in [-0.15, -0.1) is 0 Å². The highest BCUT2D eigenvalue weighted by Crippen LogP contribution is 2.33. The Hall–Kier alpha value is -0.590. The van der Waals surface area contributed by atoms with Gasteiger partial charge in [-0.2, -0.15) is 5.26 Å². The van der Waals surface area contributed by atoms with Gasteiger partial charge in [-0.05, 0) is 63.8 Å². The first kappa shape index (κ1) is 12.9. The molecule has 1 atom stereocenters. The molecule has 3 heteroatoms. The number of nitrogens with zero attached hydrogens (tertiary/aromatic N) is 2. The Bertz CT molecular complexity index is 270. The lowest BCUT2D eigenvalue weighted by Gasteiger charge is -2.23. The van der Waals surface area contributed by atoms with E-state index in [0.717, 1.165) is 31.2 Å². The second-order valence-electron chi connectivity index (χ2n) is 6.28. The van der Waals surface area contributed by atoms with Crippen LogP contribution in [0.4, 0.5) is 0 Å². The van der Waals surface area contributed by atoms with Crippen LogP contribution in [0, 0.1) is 23.2 Å². The van der Waals surface area contributed by atoms with Crippen molar-refractivity contribution in [2.45, 2.75) is 51.0 Å². The highest BCUT2D eigenvalue weighted by atomic mass is 15.1. The van der Waals surface area contributed by atoms with E-state index >= 15 is 0 Å². The van der Waals surface area contributed by atoms with E-state index in [1.165, 1.54) is 38.8 Å². The summed E-state index contributed by atoms with van der Waals surface area (Å²) >= 11 is 0. The van der Waals surface area contributed by atoms with Crippen molar-refractivity contribution in [3.8, 4) is 6.07 Å². The molecule has 0 aromatic rings.